The summed E-state index contributed by atoms with van der Waals surface area (Å²) < 4.78 is 0. The van der Waals surface area contributed by atoms with Crippen molar-refractivity contribution < 1.29 is 9.63 Å². The van der Waals surface area contributed by atoms with Crippen LogP contribution in [-0.2, 0) is 16.1 Å². The molecule has 0 saturated carbocycles. The quantitative estimate of drug-likeness (QED) is 0.622. The maximum Gasteiger partial charge on any atom is 0.261 e. The van der Waals surface area contributed by atoms with Crippen LogP contribution in [0.25, 0.3) is 0 Å². The van der Waals surface area contributed by atoms with Crippen molar-refractivity contribution >= 4 is 12.1 Å². The molecular formula is C20H24N2O2. The summed E-state index contributed by atoms with van der Waals surface area (Å²) in [5, 5.41) is 6.77. The van der Waals surface area contributed by atoms with Crippen molar-refractivity contribution in [3.63, 3.8) is 0 Å². The molecule has 24 heavy (non-hydrogen) atoms. The van der Waals surface area contributed by atoms with Crippen LogP contribution in [0.2, 0.25) is 0 Å². The molecule has 0 radical (unpaired) electrons. The van der Waals surface area contributed by atoms with Gasteiger partial charge in [-0.2, -0.15) is 0 Å². The van der Waals surface area contributed by atoms with Gasteiger partial charge < -0.3 is 10.2 Å². The first-order valence-electron chi connectivity index (χ1n) is 8.19. The number of carbonyl (C=O) groups excluding carboxylic acids is 1. The number of rotatable bonds is 7. The van der Waals surface area contributed by atoms with Gasteiger partial charge in [0.25, 0.3) is 5.91 Å². The highest BCUT2D eigenvalue weighted by atomic mass is 16.6. The SMILES string of the molecule is CCc1ccc([C@@H](C)NC(=O)CO/N=C\c2ccccc2C)cc1. The summed E-state index contributed by atoms with van der Waals surface area (Å²) in [6.45, 7) is 5.98. The molecule has 0 aliphatic heterocycles. The Labute approximate surface area is 143 Å². The second kappa shape index (κ2) is 8.87. The Balaban J connectivity index is 1.79. The van der Waals surface area contributed by atoms with Gasteiger partial charge in [-0.1, -0.05) is 60.6 Å². The van der Waals surface area contributed by atoms with Gasteiger partial charge in [-0.3, -0.25) is 4.79 Å². The molecular weight excluding hydrogens is 300 g/mol. The van der Waals surface area contributed by atoms with Crippen molar-refractivity contribution in [2.75, 3.05) is 6.61 Å². The summed E-state index contributed by atoms with van der Waals surface area (Å²) in [7, 11) is 0. The maximum absolute atomic E-state index is 11.9. The van der Waals surface area contributed by atoms with Crippen molar-refractivity contribution in [3.05, 3.63) is 70.8 Å². The summed E-state index contributed by atoms with van der Waals surface area (Å²) in [6, 6.07) is 16.0. The highest BCUT2D eigenvalue weighted by Crippen LogP contribution is 2.13. The summed E-state index contributed by atoms with van der Waals surface area (Å²) in [4.78, 5) is 17.0. The Morgan fingerprint density at radius 1 is 1.21 bits per heavy atom. The molecule has 0 aliphatic rings. The van der Waals surface area contributed by atoms with Crippen LogP contribution >= 0.6 is 0 Å². The minimum absolute atomic E-state index is 0.0626. The number of hydrogen-bond acceptors (Lipinski definition) is 3. The lowest BCUT2D eigenvalue weighted by molar-refractivity contribution is -0.126. The summed E-state index contributed by atoms with van der Waals surface area (Å²) >= 11 is 0. The average Bonchev–Trinajstić information content (AvgIpc) is 2.60. The van der Waals surface area contributed by atoms with Gasteiger partial charge in [-0.15, -0.1) is 0 Å². The molecule has 2 aromatic carbocycles. The third-order valence-electron chi connectivity index (χ3n) is 3.92. The molecule has 0 fully saturated rings. The molecule has 1 amide bonds. The van der Waals surface area contributed by atoms with E-state index in [0.29, 0.717) is 0 Å². The van der Waals surface area contributed by atoms with E-state index in [9.17, 15) is 4.79 Å². The molecule has 2 rings (SSSR count). The zero-order chi connectivity index (χ0) is 17.4. The normalized spacial score (nSPS) is 12.1. The van der Waals surface area contributed by atoms with Gasteiger partial charge >= 0.3 is 0 Å². The molecule has 0 aliphatic carbocycles. The largest absolute Gasteiger partial charge is 0.386 e. The first-order valence-corrected chi connectivity index (χ1v) is 8.19. The standard InChI is InChI=1S/C20H24N2O2/c1-4-17-9-11-18(12-10-17)16(3)22-20(23)14-24-21-13-19-8-6-5-7-15(19)2/h5-13,16H,4,14H2,1-3H3,(H,22,23)/b21-13-/t16-/m1/s1. The van der Waals surface area contributed by atoms with Crippen LogP contribution in [0.5, 0.6) is 0 Å². The van der Waals surface area contributed by atoms with E-state index in [1.165, 1.54) is 5.56 Å². The molecule has 1 atom stereocenters. The van der Waals surface area contributed by atoms with Crippen LogP contribution in [0.4, 0.5) is 0 Å². The molecule has 2 aromatic rings. The Hall–Kier alpha value is -2.62. The summed E-state index contributed by atoms with van der Waals surface area (Å²) in [5.74, 6) is -0.191. The van der Waals surface area contributed by atoms with E-state index < -0.39 is 0 Å². The second-order valence-electron chi connectivity index (χ2n) is 5.75. The highest BCUT2D eigenvalue weighted by molar-refractivity contribution is 5.81. The topological polar surface area (TPSA) is 50.7 Å². The smallest absolute Gasteiger partial charge is 0.261 e. The molecule has 126 valence electrons. The van der Waals surface area contributed by atoms with Crippen molar-refractivity contribution in [1.82, 2.24) is 5.32 Å². The van der Waals surface area contributed by atoms with Crippen molar-refractivity contribution in [2.24, 2.45) is 5.16 Å². The number of nitrogens with one attached hydrogen (secondary N) is 1. The number of benzene rings is 2. The zero-order valence-electron chi connectivity index (χ0n) is 14.5. The Kier molecular flexibility index (Phi) is 6.55. The Bertz CT molecular complexity index is 693. The van der Waals surface area contributed by atoms with Gasteiger partial charge in [0.1, 0.15) is 0 Å². The molecule has 0 spiro atoms. The first kappa shape index (κ1) is 17.7. The maximum atomic E-state index is 11.9. The van der Waals surface area contributed by atoms with Gasteiger partial charge in [-0.25, -0.2) is 0 Å². The predicted molar refractivity (Wildman–Crippen MR) is 97.1 cm³/mol. The monoisotopic (exact) mass is 324 g/mol. The number of oxime groups is 1. The lowest BCUT2D eigenvalue weighted by atomic mass is 10.1. The fraction of sp³-hybridized carbons (Fsp3) is 0.300. The van der Waals surface area contributed by atoms with Crippen LogP contribution in [-0.4, -0.2) is 18.7 Å². The van der Waals surface area contributed by atoms with E-state index in [2.05, 4.69) is 29.5 Å². The van der Waals surface area contributed by atoms with Crippen LogP contribution in [0, 0.1) is 6.92 Å². The number of carbonyl (C=O) groups is 1. The minimum atomic E-state index is -0.191. The fourth-order valence-electron chi connectivity index (χ4n) is 2.33. The molecule has 0 saturated heterocycles. The van der Waals surface area contributed by atoms with Crippen LogP contribution in [0.3, 0.4) is 0 Å². The zero-order valence-corrected chi connectivity index (χ0v) is 14.5. The van der Waals surface area contributed by atoms with E-state index in [-0.39, 0.29) is 18.6 Å². The van der Waals surface area contributed by atoms with Crippen LogP contribution in [0.15, 0.2) is 53.7 Å². The third-order valence-corrected chi connectivity index (χ3v) is 3.92. The van der Waals surface area contributed by atoms with Gasteiger partial charge in [0.2, 0.25) is 0 Å². The Morgan fingerprint density at radius 3 is 2.58 bits per heavy atom. The molecule has 4 nitrogen and oxygen atoms in total. The van der Waals surface area contributed by atoms with E-state index in [1.54, 1.807) is 6.21 Å². The number of amides is 1. The fourth-order valence-corrected chi connectivity index (χ4v) is 2.33. The van der Waals surface area contributed by atoms with E-state index in [0.717, 1.165) is 23.1 Å². The van der Waals surface area contributed by atoms with Crippen LogP contribution < -0.4 is 5.32 Å². The van der Waals surface area contributed by atoms with Gasteiger partial charge in [0.05, 0.1) is 12.3 Å². The van der Waals surface area contributed by atoms with Crippen LogP contribution in [0.1, 0.15) is 42.1 Å². The molecule has 0 bridgehead atoms. The summed E-state index contributed by atoms with van der Waals surface area (Å²) in [6.07, 6.45) is 2.63. The van der Waals surface area contributed by atoms with Crippen molar-refractivity contribution in [3.8, 4) is 0 Å². The lowest BCUT2D eigenvalue weighted by Crippen LogP contribution is -2.29. The minimum Gasteiger partial charge on any atom is -0.386 e. The predicted octanol–water partition coefficient (Wildman–Crippen LogP) is 3.79. The molecule has 0 aromatic heterocycles. The number of aryl methyl sites for hydroxylation is 2. The average molecular weight is 324 g/mol. The van der Waals surface area contributed by atoms with Crippen molar-refractivity contribution in [2.45, 2.75) is 33.2 Å². The van der Waals surface area contributed by atoms with Gasteiger partial charge in [0.15, 0.2) is 6.61 Å². The van der Waals surface area contributed by atoms with Gasteiger partial charge in [0, 0.05) is 0 Å². The second-order valence-corrected chi connectivity index (χ2v) is 5.75. The van der Waals surface area contributed by atoms with Gasteiger partial charge in [-0.05, 0) is 42.5 Å². The van der Waals surface area contributed by atoms with Crippen molar-refractivity contribution in [1.29, 1.82) is 0 Å². The summed E-state index contributed by atoms with van der Waals surface area (Å²) in [5.41, 5.74) is 4.44. The molecule has 4 heteroatoms. The molecule has 0 unspecified atom stereocenters. The lowest BCUT2D eigenvalue weighted by Gasteiger charge is -2.14. The molecule has 0 heterocycles. The highest BCUT2D eigenvalue weighted by Gasteiger charge is 2.09. The first-order chi connectivity index (χ1) is 11.6. The molecule has 1 N–H and O–H groups in total. The van der Waals surface area contributed by atoms with E-state index >= 15 is 0 Å². The number of hydrogen-bond donors (Lipinski definition) is 1. The van der Waals surface area contributed by atoms with E-state index in [4.69, 9.17) is 4.84 Å². The Morgan fingerprint density at radius 2 is 1.92 bits per heavy atom. The van der Waals surface area contributed by atoms with E-state index in [1.807, 2.05) is 50.2 Å². The number of nitrogens with zero attached hydrogens (tertiary/aromatic N) is 1. The third kappa shape index (κ3) is 5.23.